The number of benzene rings is 1. The summed E-state index contributed by atoms with van der Waals surface area (Å²) >= 11 is 1.57. The van der Waals surface area contributed by atoms with Gasteiger partial charge in [0.15, 0.2) is 0 Å². The number of nitrogens with zero attached hydrogens (tertiary/aromatic N) is 5. The molecule has 3 aromatic heterocycles. The monoisotopic (exact) mass is 462 g/mol. The first kappa shape index (κ1) is 21.4. The summed E-state index contributed by atoms with van der Waals surface area (Å²) in [5, 5.41) is 0.839. The fraction of sp³-hybridized carbons (Fsp3) is 0.333. The summed E-state index contributed by atoms with van der Waals surface area (Å²) in [6.45, 7) is 6.86. The highest BCUT2D eigenvalue weighted by atomic mass is 32.1. The zero-order valence-corrected chi connectivity index (χ0v) is 19.7. The van der Waals surface area contributed by atoms with Gasteiger partial charge in [-0.2, -0.15) is 0 Å². The predicted molar refractivity (Wildman–Crippen MR) is 130 cm³/mol. The molecule has 1 aromatic carbocycles. The van der Waals surface area contributed by atoms with Gasteiger partial charge >= 0.3 is 6.09 Å². The Morgan fingerprint density at radius 2 is 1.97 bits per heavy atom. The average Bonchev–Trinajstić information content (AvgIpc) is 3.50. The third kappa shape index (κ3) is 4.16. The van der Waals surface area contributed by atoms with Crippen molar-refractivity contribution in [1.82, 2.24) is 24.4 Å². The molecule has 1 aliphatic rings. The van der Waals surface area contributed by atoms with Gasteiger partial charge in [-0.3, -0.25) is 0 Å². The molecule has 0 radical (unpaired) electrons. The molecule has 0 spiro atoms. The summed E-state index contributed by atoms with van der Waals surface area (Å²) in [7, 11) is 0. The summed E-state index contributed by atoms with van der Waals surface area (Å²) in [6.07, 6.45) is 3.91. The molecule has 170 valence electrons. The Labute approximate surface area is 196 Å². The third-order valence-electron chi connectivity index (χ3n) is 5.64. The van der Waals surface area contributed by atoms with Gasteiger partial charge in [0.25, 0.3) is 0 Å². The van der Waals surface area contributed by atoms with Crippen molar-refractivity contribution in [2.45, 2.75) is 38.8 Å². The van der Waals surface area contributed by atoms with Crippen LogP contribution < -0.4 is 5.73 Å². The van der Waals surface area contributed by atoms with Crippen LogP contribution in [0.5, 0.6) is 0 Å². The van der Waals surface area contributed by atoms with Gasteiger partial charge in [0.1, 0.15) is 22.6 Å². The van der Waals surface area contributed by atoms with E-state index in [9.17, 15) is 4.79 Å². The SMILES string of the molecule is CC(C)(C)OC(=O)N1CCC(n2cnc(-c3ccccc3)c2-c2cc3c(N)ncnc3s2)C1. The van der Waals surface area contributed by atoms with E-state index in [0.29, 0.717) is 18.9 Å². The second kappa shape index (κ2) is 8.15. The van der Waals surface area contributed by atoms with Crippen LogP contribution in [0.15, 0.2) is 49.1 Å². The molecular weight excluding hydrogens is 436 g/mol. The van der Waals surface area contributed by atoms with Gasteiger partial charge < -0.3 is 19.9 Å². The summed E-state index contributed by atoms with van der Waals surface area (Å²) < 4.78 is 7.76. The van der Waals surface area contributed by atoms with Crippen LogP contribution in [0.1, 0.15) is 33.2 Å². The first-order valence-electron chi connectivity index (χ1n) is 10.9. The number of carbonyl (C=O) groups is 1. The maximum Gasteiger partial charge on any atom is 0.410 e. The molecule has 1 amide bonds. The number of hydrogen-bond acceptors (Lipinski definition) is 7. The molecule has 2 N–H and O–H groups in total. The molecule has 1 fully saturated rings. The largest absolute Gasteiger partial charge is 0.444 e. The third-order valence-corrected chi connectivity index (χ3v) is 6.69. The van der Waals surface area contributed by atoms with Crippen LogP contribution in [-0.2, 0) is 4.74 Å². The van der Waals surface area contributed by atoms with Crippen molar-refractivity contribution in [3.05, 3.63) is 49.1 Å². The second-order valence-electron chi connectivity index (χ2n) is 9.17. The fourth-order valence-electron chi connectivity index (χ4n) is 4.14. The van der Waals surface area contributed by atoms with E-state index in [1.165, 1.54) is 6.33 Å². The van der Waals surface area contributed by atoms with Crippen LogP contribution in [0.4, 0.5) is 10.6 Å². The molecule has 4 heterocycles. The van der Waals surface area contributed by atoms with Gasteiger partial charge in [0.2, 0.25) is 0 Å². The van der Waals surface area contributed by atoms with Gasteiger partial charge in [0.05, 0.1) is 34.0 Å². The number of carbonyl (C=O) groups excluding carboxylic acids is 1. The van der Waals surface area contributed by atoms with E-state index in [2.05, 4.69) is 26.7 Å². The minimum atomic E-state index is -0.520. The second-order valence-corrected chi connectivity index (χ2v) is 10.2. The molecule has 0 bridgehead atoms. The van der Waals surface area contributed by atoms with Crippen molar-refractivity contribution >= 4 is 33.5 Å². The number of anilines is 1. The molecule has 4 aromatic rings. The number of nitrogen functional groups attached to an aromatic ring is 1. The maximum atomic E-state index is 12.6. The lowest BCUT2D eigenvalue weighted by molar-refractivity contribution is 0.0289. The number of aromatic nitrogens is 4. The standard InChI is InChI=1S/C24H26N6O2S/c1-24(2,3)32-23(31)29-10-9-16(12-29)30-14-28-19(15-7-5-4-6-8-15)20(30)18-11-17-21(25)26-13-27-22(17)33-18/h4-8,11,13-14,16H,9-10,12H2,1-3H3,(H2,25,26,27). The molecule has 8 nitrogen and oxygen atoms in total. The Kier molecular flexibility index (Phi) is 5.28. The van der Waals surface area contributed by atoms with Crippen molar-refractivity contribution in [3.8, 4) is 21.8 Å². The van der Waals surface area contributed by atoms with Crippen molar-refractivity contribution in [2.75, 3.05) is 18.8 Å². The van der Waals surface area contributed by atoms with E-state index in [0.717, 1.165) is 38.5 Å². The number of amides is 1. The number of imidazole rings is 1. The van der Waals surface area contributed by atoms with Gasteiger partial charge in [-0.25, -0.2) is 19.7 Å². The number of hydrogen-bond donors (Lipinski definition) is 1. The Morgan fingerprint density at radius 3 is 2.70 bits per heavy atom. The summed E-state index contributed by atoms with van der Waals surface area (Å²) in [5.74, 6) is 0.465. The summed E-state index contributed by atoms with van der Waals surface area (Å²) in [5.41, 5.74) is 8.51. The van der Waals surface area contributed by atoms with Crippen LogP contribution >= 0.6 is 11.3 Å². The van der Waals surface area contributed by atoms with Crippen LogP contribution in [0, 0.1) is 0 Å². The van der Waals surface area contributed by atoms with Gasteiger partial charge in [-0.1, -0.05) is 30.3 Å². The van der Waals surface area contributed by atoms with E-state index in [-0.39, 0.29) is 12.1 Å². The summed E-state index contributed by atoms with van der Waals surface area (Å²) in [6, 6.07) is 12.2. The van der Waals surface area contributed by atoms with Gasteiger partial charge in [0, 0.05) is 18.7 Å². The van der Waals surface area contributed by atoms with Crippen LogP contribution in [0.25, 0.3) is 32.0 Å². The van der Waals surface area contributed by atoms with Crippen LogP contribution in [0.2, 0.25) is 0 Å². The Morgan fingerprint density at radius 1 is 1.18 bits per heavy atom. The lowest BCUT2D eigenvalue weighted by Crippen LogP contribution is -2.35. The molecule has 1 saturated heterocycles. The number of fused-ring (bicyclic) bond motifs is 1. The molecule has 0 saturated carbocycles. The number of rotatable bonds is 3. The lowest BCUT2D eigenvalue weighted by Gasteiger charge is -2.24. The van der Waals surface area contributed by atoms with E-state index in [4.69, 9.17) is 15.5 Å². The van der Waals surface area contributed by atoms with E-state index in [1.54, 1.807) is 16.2 Å². The Bertz CT molecular complexity index is 1310. The average molecular weight is 463 g/mol. The Balaban J connectivity index is 1.55. The normalized spacial score (nSPS) is 16.5. The topological polar surface area (TPSA) is 99.2 Å². The molecule has 1 aliphatic heterocycles. The number of nitrogens with two attached hydrogens (primary N) is 1. The molecule has 33 heavy (non-hydrogen) atoms. The van der Waals surface area contributed by atoms with E-state index < -0.39 is 5.60 Å². The first-order chi connectivity index (χ1) is 15.8. The Hall–Kier alpha value is -3.46. The summed E-state index contributed by atoms with van der Waals surface area (Å²) in [4.78, 5) is 29.6. The number of ether oxygens (including phenoxy) is 1. The van der Waals surface area contributed by atoms with Crippen molar-refractivity contribution in [3.63, 3.8) is 0 Å². The molecule has 1 atom stereocenters. The molecule has 0 aliphatic carbocycles. The van der Waals surface area contributed by atoms with Gasteiger partial charge in [-0.15, -0.1) is 11.3 Å². The highest BCUT2D eigenvalue weighted by Crippen LogP contribution is 2.41. The van der Waals surface area contributed by atoms with Gasteiger partial charge in [-0.05, 0) is 33.3 Å². The van der Waals surface area contributed by atoms with Crippen LogP contribution in [-0.4, -0.2) is 49.2 Å². The quantitative estimate of drug-likeness (QED) is 0.461. The maximum absolute atomic E-state index is 12.6. The van der Waals surface area contributed by atoms with Crippen molar-refractivity contribution in [1.29, 1.82) is 0 Å². The van der Waals surface area contributed by atoms with Crippen molar-refractivity contribution < 1.29 is 9.53 Å². The smallest absolute Gasteiger partial charge is 0.410 e. The molecular formula is C24H26N6O2S. The van der Waals surface area contributed by atoms with Crippen LogP contribution in [0.3, 0.4) is 0 Å². The number of thiophene rings is 1. The molecule has 9 heteroatoms. The van der Waals surface area contributed by atoms with E-state index in [1.807, 2.05) is 51.4 Å². The van der Waals surface area contributed by atoms with Crippen molar-refractivity contribution in [2.24, 2.45) is 0 Å². The van der Waals surface area contributed by atoms with E-state index >= 15 is 0 Å². The lowest BCUT2D eigenvalue weighted by atomic mass is 10.1. The highest BCUT2D eigenvalue weighted by molar-refractivity contribution is 7.21. The molecule has 5 rings (SSSR count). The zero-order chi connectivity index (χ0) is 23.2. The first-order valence-corrected chi connectivity index (χ1v) is 11.7. The number of likely N-dealkylation sites (tertiary alicyclic amines) is 1. The fourth-order valence-corrected chi connectivity index (χ4v) is 5.20. The predicted octanol–water partition coefficient (Wildman–Crippen LogP) is 4.99. The highest BCUT2D eigenvalue weighted by Gasteiger charge is 2.33. The minimum absolute atomic E-state index is 0.0890. The minimum Gasteiger partial charge on any atom is -0.444 e. The molecule has 1 unspecified atom stereocenters. The zero-order valence-electron chi connectivity index (χ0n) is 18.9.